The lowest BCUT2D eigenvalue weighted by molar-refractivity contribution is -0.133. The minimum absolute atomic E-state index is 0.0241. The van der Waals surface area contributed by atoms with Gasteiger partial charge in [0.15, 0.2) is 0 Å². The third-order valence-corrected chi connectivity index (χ3v) is 7.73. The maximum atomic E-state index is 13.8. The number of nitrogens with zero attached hydrogens (tertiary/aromatic N) is 3. The van der Waals surface area contributed by atoms with Crippen LogP contribution < -0.4 is 21.7 Å². The van der Waals surface area contributed by atoms with Gasteiger partial charge in [-0.05, 0) is 59.7 Å². The van der Waals surface area contributed by atoms with E-state index < -0.39 is 57.9 Å². The minimum atomic E-state index is -4.95. The molecule has 2 aromatic carbocycles. The normalized spacial score (nSPS) is 14.1. The predicted octanol–water partition coefficient (Wildman–Crippen LogP) is 3.46. The number of halogens is 1. The molecule has 0 heterocycles. The maximum absolute atomic E-state index is 13.8. The zero-order chi connectivity index (χ0) is 33.6. The highest BCUT2D eigenvalue weighted by atomic mass is 32.3. The number of hydrogen-bond acceptors (Lipinski definition) is 7. The molecule has 0 bridgehead atoms. The lowest BCUT2D eigenvalue weighted by Gasteiger charge is -2.27. The number of rotatable bonds is 18. The van der Waals surface area contributed by atoms with Gasteiger partial charge in [0.1, 0.15) is 23.9 Å². The van der Waals surface area contributed by atoms with E-state index >= 15 is 0 Å². The van der Waals surface area contributed by atoms with E-state index in [1.54, 1.807) is 48.5 Å². The SMILES string of the molecule is CC(C)C[C@H](NC(=O)C(Cc1ccccc1)N=[N+]=[N-])C(=O)N[C@@H](CC(C)C)C(=O)N[C@@H](Cc1ccc(CN)cc1)CS(=O)(=O)F. The molecule has 3 amide bonds. The molecule has 14 heteroatoms. The van der Waals surface area contributed by atoms with Crippen LogP contribution >= 0.6 is 0 Å². The first-order valence-electron chi connectivity index (χ1n) is 14.9. The molecule has 12 nitrogen and oxygen atoms in total. The zero-order valence-corrected chi connectivity index (χ0v) is 27.0. The largest absolute Gasteiger partial charge is 0.350 e. The molecule has 0 saturated heterocycles. The number of nitrogens with one attached hydrogen (secondary N) is 3. The molecule has 0 aliphatic rings. The Bertz CT molecular complexity index is 1420. The average molecular weight is 646 g/mol. The van der Waals surface area contributed by atoms with Crippen LogP contribution in [0.4, 0.5) is 3.89 Å². The van der Waals surface area contributed by atoms with Crippen molar-refractivity contribution in [2.45, 2.75) is 84.1 Å². The van der Waals surface area contributed by atoms with E-state index in [9.17, 15) is 26.7 Å². The van der Waals surface area contributed by atoms with Crippen molar-refractivity contribution in [1.82, 2.24) is 16.0 Å². The second kappa shape index (κ2) is 18.1. The summed E-state index contributed by atoms with van der Waals surface area (Å²) < 4.78 is 37.0. The van der Waals surface area contributed by atoms with Crippen LogP contribution in [0.25, 0.3) is 10.4 Å². The van der Waals surface area contributed by atoms with Gasteiger partial charge in [-0.1, -0.05) is 87.4 Å². The highest BCUT2D eigenvalue weighted by molar-refractivity contribution is 7.86. The van der Waals surface area contributed by atoms with E-state index in [2.05, 4.69) is 26.0 Å². The molecular weight excluding hydrogens is 601 g/mol. The van der Waals surface area contributed by atoms with Crippen molar-refractivity contribution in [2.75, 3.05) is 5.75 Å². The van der Waals surface area contributed by atoms with Crippen LogP contribution in [0.15, 0.2) is 59.7 Å². The standard InChI is InChI=1S/C31H44FN7O5S/c1-20(2)14-26(29(40)35-25(19-45(32,43)44)16-23-10-12-24(18-33)13-11-23)36-30(41)27(15-21(3)4)37-31(42)28(38-39-34)17-22-8-6-5-7-9-22/h5-13,20-21,25-28H,14-19,33H2,1-4H3,(H,35,40)(H,36,41)(H,37,42)/t25-,26-,27-,28?/m0/s1. The molecule has 0 spiro atoms. The Morgan fingerprint density at radius 1 is 0.800 bits per heavy atom. The quantitative estimate of drug-likeness (QED) is 0.0829. The van der Waals surface area contributed by atoms with E-state index in [1.165, 1.54) is 0 Å². The minimum Gasteiger partial charge on any atom is -0.350 e. The van der Waals surface area contributed by atoms with E-state index in [4.69, 9.17) is 11.3 Å². The number of benzene rings is 2. The van der Waals surface area contributed by atoms with Crippen molar-refractivity contribution >= 4 is 27.9 Å². The third-order valence-electron chi connectivity index (χ3n) is 6.93. The van der Waals surface area contributed by atoms with Gasteiger partial charge in [-0.25, -0.2) is 0 Å². The molecule has 2 rings (SSSR count). The van der Waals surface area contributed by atoms with Crippen molar-refractivity contribution in [3.63, 3.8) is 0 Å². The first-order valence-corrected chi connectivity index (χ1v) is 16.4. The fourth-order valence-corrected chi connectivity index (χ4v) is 5.50. The Balaban J connectivity index is 2.24. The summed E-state index contributed by atoms with van der Waals surface area (Å²) in [5.74, 6) is -3.01. The van der Waals surface area contributed by atoms with Crippen molar-refractivity contribution in [2.24, 2.45) is 22.7 Å². The monoisotopic (exact) mass is 645 g/mol. The molecule has 2 aromatic rings. The molecular formula is C31H44FN7O5S. The van der Waals surface area contributed by atoms with Crippen molar-refractivity contribution in [1.29, 1.82) is 0 Å². The summed E-state index contributed by atoms with van der Waals surface area (Å²) in [5.41, 5.74) is 17.0. The van der Waals surface area contributed by atoms with Crippen LogP contribution in [0.3, 0.4) is 0 Å². The fraction of sp³-hybridized carbons (Fsp3) is 0.516. The number of hydrogen-bond donors (Lipinski definition) is 4. The first-order chi connectivity index (χ1) is 21.2. The van der Waals surface area contributed by atoms with Gasteiger partial charge in [-0.3, -0.25) is 14.4 Å². The van der Waals surface area contributed by atoms with Crippen LogP contribution in [0.1, 0.15) is 57.2 Å². The summed E-state index contributed by atoms with van der Waals surface area (Å²) in [5, 5.41) is 11.6. The maximum Gasteiger partial charge on any atom is 0.304 e. The lowest BCUT2D eigenvalue weighted by Crippen LogP contribution is -2.57. The molecule has 0 aliphatic heterocycles. The van der Waals surface area contributed by atoms with Crippen molar-refractivity contribution < 1.29 is 26.7 Å². The second-order valence-electron chi connectivity index (χ2n) is 11.9. The predicted molar refractivity (Wildman–Crippen MR) is 171 cm³/mol. The zero-order valence-electron chi connectivity index (χ0n) is 26.1. The fourth-order valence-electron chi connectivity index (χ4n) is 4.82. The highest BCUT2D eigenvalue weighted by Gasteiger charge is 2.31. The van der Waals surface area contributed by atoms with Gasteiger partial charge in [0.25, 0.3) is 0 Å². The average Bonchev–Trinajstić information content (AvgIpc) is 2.95. The Morgan fingerprint density at radius 2 is 1.29 bits per heavy atom. The van der Waals surface area contributed by atoms with E-state index in [-0.39, 0.29) is 37.5 Å². The Kier molecular flexibility index (Phi) is 14.9. The van der Waals surface area contributed by atoms with Gasteiger partial charge in [-0.2, -0.15) is 8.42 Å². The summed E-state index contributed by atoms with van der Waals surface area (Å²) in [6.45, 7) is 7.73. The van der Waals surface area contributed by atoms with Crippen LogP contribution in [-0.2, 0) is 44.0 Å². The summed E-state index contributed by atoms with van der Waals surface area (Å²) in [4.78, 5) is 43.0. The lowest BCUT2D eigenvalue weighted by atomic mass is 9.99. The van der Waals surface area contributed by atoms with Gasteiger partial charge in [0, 0.05) is 17.5 Å². The smallest absolute Gasteiger partial charge is 0.304 e. The molecule has 0 fully saturated rings. The number of azide groups is 1. The number of amides is 3. The summed E-state index contributed by atoms with van der Waals surface area (Å²) in [6.07, 6.45) is 0.564. The number of carbonyl (C=O) groups excluding carboxylic acids is 3. The van der Waals surface area contributed by atoms with E-state index in [1.807, 2.05) is 33.8 Å². The molecule has 1 unspecified atom stereocenters. The van der Waals surface area contributed by atoms with Gasteiger partial charge >= 0.3 is 10.2 Å². The molecule has 0 aliphatic carbocycles. The Labute approximate surface area is 264 Å². The van der Waals surface area contributed by atoms with Gasteiger partial charge in [0.05, 0.1) is 0 Å². The summed E-state index contributed by atoms with van der Waals surface area (Å²) >= 11 is 0. The third kappa shape index (κ3) is 14.1. The van der Waals surface area contributed by atoms with E-state index in [0.29, 0.717) is 12.1 Å². The summed E-state index contributed by atoms with van der Waals surface area (Å²) in [6, 6.07) is 11.5. The Hall–Kier alpha value is -4.00. The highest BCUT2D eigenvalue weighted by Crippen LogP contribution is 2.13. The van der Waals surface area contributed by atoms with Crippen molar-refractivity contribution in [3.8, 4) is 0 Å². The van der Waals surface area contributed by atoms with Crippen LogP contribution in [-0.4, -0.2) is 56.1 Å². The molecule has 0 saturated carbocycles. The van der Waals surface area contributed by atoms with Crippen LogP contribution in [0, 0.1) is 11.8 Å². The molecule has 246 valence electrons. The Morgan fingerprint density at radius 3 is 1.78 bits per heavy atom. The molecule has 0 aromatic heterocycles. The molecule has 0 radical (unpaired) electrons. The first kappa shape index (κ1) is 37.2. The summed E-state index contributed by atoms with van der Waals surface area (Å²) in [7, 11) is -4.95. The topological polar surface area (TPSA) is 196 Å². The molecule has 45 heavy (non-hydrogen) atoms. The number of nitrogens with two attached hydrogens (primary N) is 1. The van der Waals surface area contributed by atoms with Gasteiger partial charge in [-0.15, -0.1) is 3.89 Å². The van der Waals surface area contributed by atoms with Crippen LogP contribution in [0.2, 0.25) is 0 Å². The van der Waals surface area contributed by atoms with Gasteiger partial charge < -0.3 is 21.7 Å². The van der Waals surface area contributed by atoms with Gasteiger partial charge in [0.2, 0.25) is 17.7 Å². The number of carbonyl (C=O) groups is 3. The molecule has 4 atom stereocenters. The van der Waals surface area contributed by atoms with Crippen LogP contribution in [0.5, 0.6) is 0 Å². The second-order valence-corrected chi connectivity index (χ2v) is 13.3. The molecule has 5 N–H and O–H groups in total. The van der Waals surface area contributed by atoms with Crippen molar-refractivity contribution in [3.05, 3.63) is 81.7 Å². The van der Waals surface area contributed by atoms with E-state index in [0.717, 1.165) is 11.1 Å².